The lowest BCUT2D eigenvalue weighted by molar-refractivity contribution is -0.132. The number of carbonyl (C=O) groups is 2. The van der Waals surface area contributed by atoms with Crippen molar-refractivity contribution >= 4 is 21.9 Å². The highest BCUT2D eigenvalue weighted by Gasteiger charge is 2.30. The molecule has 0 aromatic heterocycles. The minimum atomic E-state index is -3.62. The zero-order chi connectivity index (χ0) is 22.4. The summed E-state index contributed by atoms with van der Waals surface area (Å²) in [7, 11) is -0.776. The molecule has 1 saturated heterocycles. The highest BCUT2D eigenvalue weighted by atomic mass is 32.2. The normalized spacial score (nSPS) is 14.8. The van der Waals surface area contributed by atoms with Gasteiger partial charge in [0.05, 0.1) is 24.7 Å². The summed E-state index contributed by atoms with van der Waals surface area (Å²) in [6, 6.07) is 13.3. The van der Waals surface area contributed by atoms with E-state index in [9.17, 15) is 18.0 Å². The first-order valence-electron chi connectivity index (χ1n) is 9.95. The number of nitrogens with zero attached hydrogens (tertiary/aromatic N) is 2. The van der Waals surface area contributed by atoms with E-state index in [1.165, 1.54) is 30.7 Å². The molecule has 0 atom stereocenters. The summed E-state index contributed by atoms with van der Waals surface area (Å²) in [5.41, 5.74) is 1.21. The van der Waals surface area contributed by atoms with E-state index in [0.29, 0.717) is 30.8 Å². The van der Waals surface area contributed by atoms with Crippen molar-refractivity contribution < 1.29 is 27.5 Å². The third-order valence-electron chi connectivity index (χ3n) is 5.32. The zero-order valence-corrected chi connectivity index (χ0v) is 18.4. The Balaban J connectivity index is 1.57. The summed E-state index contributed by atoms with van der Waals surface area (Å²) in [6.45, 7) is 1.12. The van der Waals surface area contributed by atoms with E-state index in [2.05, 4.69) is 0 Å². The van der Waals surface area contributed by atoms with Crippen molar-refractivity contribution in [2.24, 2.45) is 0 Å². The van der Waals surface area contributed by atoms with Gasteiger partial charge in [-0.25, -0.2) is 13.2 Å². The van der Waals surface area contributed by atoms with E-state index in [0.717, 1.165) is 5.56 Å². The molecule has 2 aromatic carbocycles. The number of piperazine rings is 1. The minimum Gasteiger partial charge on any atom is -0.497 e. The largest absolute Gasteiger partial charge is 0.497 e. The summed E-state index contributed by atoms with van der Waals surface area (Å²) in [6.07, 6.45) is 0.647. The zero-order valence-electron chi connectivity index (χ0n) is 17.6. The number of methoxy groups -OCH3 is 2. The number of rotatable bonds is 7. The van der Waals surface area contributed by atoms with E-state index in [4.69, 9.17) is 9.47 Å². The molecule has 1 aliphatic heterocycles. The summed E-state index contributed by atoms with van der Waals surface area (Å²) < 4.78 is 36.9. The molecule has 0 aliphatic carbocycles. The number of carbonyl (C=O) groups excluding carboxylic acids is 2. The Bertz CT molecular complexity index is 1030. The number of hydrogen-bond acceptors (Lipinski definition) is 6. The maximum atomic E-state index is 12.8. The fourth-order valence-corrected chi connectivity index (χ4v) is 4.94. The van der Waals surface area contributed by atoms with Gasteiger partial charge in [-0.3, -0.25) is 4.79 Å². The fraction of sp³-hybridized carbons (Fsp3) is 0.364. The van der Waals surface area contributed by atoms with Crippen molar-refractivity contribution in [1.82, 2.24) is 9.21 Å². The number of sulfonamides is 1. The van der Waals surface area contributed by atoms with Crippen molar-refractivity contribution in [1.29, 1.82) is 0 Å². The Morgan fingerprint density at radius 3 is 2.19 bits per heavy atom. The van der Waals surface area contributed by atoms with E-state index < -0.39 is 16.0 Å². The monoisotopic (exact) mass is 446 g/mol. The van der Waals surface area contributed by atoms with Crippen LogP contribution in [0.3, 0.4) is 0 Å². The maximum absolute atomic E-state index is 12.8. The van der Waals surface area contributed by atoms with Crippen LogP contribution in [0.1, 0.15) is 22.3 Å². The van der Waals surface area contributed by atoms with Crippen molar-refractivity contribution in [3.05, 3.63) is 59.7 Å². The van der Waals surface area contributed by atoms with Crippen molar-refractivity contribution in [3.8, 4) is 5.75 Å². The molecule has 0 unspecified atom stereocenters. The molecule has 9 heteroatoms. The molecule has 0 radical (unpaired) electrons. The predicted molar refractivity (Wildman–Crippen MR) is 114 cm³/mol. The second-order valence-electron chi connectivity index (χ2n) is 7.11. The third-order valence-corrected chi connectivity index (χ3v) is 7.23. The van der Waals surface area contributed by atoms with Crippen LogP contribution in [0.25, 0.3) is 0 Å². The number of hydrogen-bond donors (Lipinski definition) is 0. The molecule has 1 aliphatic rings. The van der Waals surface area contributed by atoms with E-state index in [-0.39, 0.29) is 30.3 Å². The Morgan fingerprint density at radius 2 is 1.58 bits per heavy atom. The molecule has 1 amide bonds. The second-order valence-corrected chi connectivity index (χ2v) is 9.05. The first kappa shape index (κ1) is 22.8. The van der Waals surface area contributed by atoms with Gasteiger partial charge >= 0.3 is 5.97 Å². The first-order chi connectivity index (χ1) is 14.9. The van der Waals surface area contributed by atoms with Crippen molar-refractivity contribution in [2.75, 3.05) is 40.4 Å². The highest BCUT2D eigenvalue weighted by Crippen LogP contribution is 2.21. The summed E-state index contributed by atoms with van der Waals surface area (Å²) in [5, 5.41) is 0. The van der Waals surface area contributed by atoms with Crippen LogP contribution in [-0.4, -0.2) is 69.9 Å². The van der Waals surface area contributed by atoms with Crippen molar-refractivity contribution in [3.63, 3.8) is 0 Å². The van der Waals surface area contributed by atoms with Gasteiger partial charge in [-0.05, 0) is 42.3 Å². The van der Waals surface area contributed by atoms with Crippen LogP contribution in [0.4, 0.5) is 0 Å². The Hall–Kier alpha value is -2.91. The van der Waals surface area contributed by atoms with Crippen LogP contribution < -0.4 is 4.74 Å². The van der Waals surface area contributed by atoms with Gasteiger partial charge in [-0.1, -0.05) is 18.2 Å². The van der Waals surface area contributed by atoms with Crippen molar-refractivity contribution in [2.45, 2.75) is 17.7 Å². The molecule has 8 nitrogen and oxygen atoms in total. The standard InChI is InChI=1S/C22H26N2O6S/c1-29-18-8-10-19(11-9-18)31(27,28)24-15-13-23(14-16-24)21(25)12-7-17-5-3-4-6-20(17)22(26)30-2/h3-6,8-11H,7,12-16H2,1-2H3. The van der Waals surface area contributed by atoms with Crippen LogP contribution in [0, 0.1) is 0 Å². The van der Waals surface area contributed by atoms with Crippen LogP contribution >= 0.6 is 0 Å². The Labute approximate surface area is 182 Å². The van der Waals surface area contributed by atoms with Gasteiger partial charge in [0.1, 0.15) is 5.75 Å². The fourth-order valence-electron chi connectivity index (χ4n) is 3.52. The number of aryl methyl sites for hydroxylation is 1. The van der Waals surface area contributed by atoms with Gasteiger partial charge in [0.2, 0.25) is 15.9 Å². The number of amides is 1. The van der Waals surface area contributed by atoms with Crippen LogP contribution in [0.5, 0.6) is 5.75 Å². The molecule has 0 spiro atoms. The summed E-state index contributed by atoms with van der Waals surface area (Å²) >= 11 is 0. The molecule has 0 N–H and O–H groups in total. The number of benzene rings is 2. The van der Waals surface area contributed by atoms with Gasteiger partial charge < -0.3 is 14.4 Å². The maximum Gasteiger partial charge on any atom is 0.338 e. The average molecular weight is 447 g/mol. The molecule has 1 heterocycles. The molecule has 166 valence electrons. The molecule has 31 heavy (non-hydrogen) atoms. The molecule has 3 rings (SSSR count). The van der Waals surface area contributed by atoms with Crippen LogP contribution in [0.15, 0.2) is 53.4 Å². The van der Waals surface area contributed by atoms with E-state index in [1.54, 1.807) is 35.2 Å². The summed E-state index contributed by atoms with van der Waals surface area (Å²) in [5.74, 6) is 0.0877. The lowest BCUT2D eigenvalue weighted by Crippen LogP contribution is -2.50. The molecular weight excluding hydrogens is 420 g/mol. The quantitative estimate of drug-likeness (QED) is 0.604. The number of esters is 1. The second kappa shape index (κ2) is 9.93. The van der Waals surface area contributed by atoms with Gasteiger partial charge in [0, 0.05) is 32.6 Å². The smallest absolute Gasteiger partial charge is 0.338 e. The van der Waals surface area contributed by atoms with Gasteiger partial charge in [-0.2, -0.15) is 4.31 Å². The minimum absolute atomic E-state index is 0.0684. The third kappa shape index (κ3) is 5.23. The SMILES string of the molecule is COC(=O)c1ccccc1CCC(=O)N1CCN(S(=O)(=O)c2ccc(OC)cc2)CC1. The Kier molecular flexibility index (Phi) is 7.29. The molecule has 1 fully saturated rings. The predicted octanol–water partition coefficient (Wildman–Crippen LogP) is 1.95. The lowest BCUT2D eigenvalue weighted by Gasteiger charge is -2.34. The molecule has 2 aromatic rings. The van der Waals surface area contributed by atoms with Crippen LogP contribution in [-0.2, 0) is 26.0 Å². The van der Waals surface area contributed by atoms with Gasteiger partial charge in [0.25, 0.3) is 0 Å². The highest BCUT2D eigenvalue weighted by molar-refractivity contribution is 7.89. The lowest BCUT2D eigenvalue weighted by atomic mass is 10.0. The van der Waals surface area contributed by atoms with Crippen LogP contribution in [0.2, 0.25) is 0 Å². The number of ether oxygens (including phenoxy) is 2. The van der Waals surface area contributed by atoms with E-state index >= 15 is 0 Å². The van der Waals surface area contributed by atoms with Gasteiger partial charge in [-0.15, -0.1) is 0 Å². The summed E-state index contributed by atoms with van der Waals surface area (Å²) in [4.78, 5) is 26.4. The topological polar surface area (TPSA) is 93.2 Å². The first-order valence-corrected chi connectivity index (χ1v) is 11.4. The molecule has 0 saturated carbocycles. The average Bonchev–Trinajstić information content (AvgIpc) is 2.82. The van der Waals surface area contributed by atoms with E-state index in [1.807, 2.05) is 6.07 Å². The van der Waals surface area contributed by atoms with Gasteiger partial charge in [0.15, 0.2) is 0 Å². The Morgan fingerprint density at radius 1 is 0.935 bits per heavy atom. The molecule has 0 bridgehead atoms. The molecular formula is C22H26N2O6S.